The molecule has 19 heavy (non-hydrogen) atoms. The molecular weight excluding hydrogens is 240 g/mol. The molecule has 0 bridgehead atoms. The first-order valence-electron chi connectivity index (χ1n) is 6.76. The van der Waals surface area contributed by atoms with Crippen molar-refractivity contribution in [2.24, 2.45) is 0 Å². The van der Waals surface area contributed by atoms with Crippen molar-refractivity contribution >= 4 is 11.8 Å². The van der Waals surface area contributed by atoms with Gasteiger partial charge in [-0.2, -0.15) is 0 Å². The second kappa shape index (κ2) is 14.4. The molecule has 0 N–H and O–H groups in total. The molecule has 1 aromatic rings. The Labute approximate surface area is 117 Å². The van der Waals surface area contributed by atoms with E-state index in [4.69, 9.17) is 0 Å². The van der Waals surface area contributed by atoms with Crippen LogP contribution in [0.25, 0.3) is 0 Å². The van der Waals surface area contributed by atoms with Gasteiger partial charge in [-0.3, -0.25) is 9.59 Å². The van der Waals surface area contributed by atoms with Gasteiger partial charge in [0.05, 0.1) is 7.11 Å². The minimum absolute atomic E-state index is 0.0816. The van der Waals surface area contributed by atoms with Gasteiger partial charge in [-0.05, 0) is 12.0 Å². The topological polar surface area (TPSA) is 43.4 Å². The molecule has 0 saturated carbocycles. The van der Waals surface area contributed by atoms with Crippen LogP contribution in [0, 0.1) is 0 Å². The van der Waals surface area contributed by atoms with Crippen LogP contribution in [-0.4, -0.2) is 18.9 Å². The highest BCUT2D eigenvalue weighted by molar-refractivity contribution is 5.95. The van der Waals surface area contributed by atoms with Crippen molar-refractivity contribution in [1.29, 1.82) is 0 Å². The van der Waals surface area contributed by atoms with Crippen LogP contribution in [0.15, 0.2) is 30.3 Å². The predicted molar refractivity (Wildman–Crippen MR) is 79.1 cm³/mol. The lowest BCUT2D eigenvalue weighted by molar-refractivity contribution is -0.143. The first kappa shape index (κ1) is 19.7. The summed E-state index contributed by atoms with van der Waals surface area (Å²) < 4.78 is 4.26. The second-order valence-electron chi connectivity index (χ2n) is 3.48. The first-order chi connectivity index (χ1) is 9.13. The lowest BCUT2D eigenvalue weighted by Crippen LogP contribution is -2.07. The molecule has 0 aliphatic carbocycles. The van der Waals surface area contributed by atoms with Gasteiger partial charge in [-0.25, -0.2) is 0 Å². The maximum Gasteiger partial charge on any atom is 0.313 e. The van der Waals surface area contributed by atoms with E-state index in [-0.39, 0.29) is 12.2 Å². The Balaban J connectivity index is 0. The fraction of sp³-hybridized carbons (Fsp3) is 0.500. The maximum atomic E-state index is 10.5. The first-order valence-corrected chi connectivity index (χ1v) is 6.76. The Morgan fingerprint density at radius 3 is 1.89 bits per heavy atom. The van der Waals surface area contributed by atoms with E-state index in [1.807, 2.05) is 19.9 Å². The van der Waals surface area contributed by atoms with Crippen molar-refractivity contribution in [1.82, 2.24) is 0 Å². The fourth-order valence-electron chi connectivity index (χ4n) is 1.07. The van der Waals surface area contributed by atoms with Gasteiger partial charge < -0.3 is 4.74 Å². The lowest BCUT2D eigenvalue weighted by Gasteiger charge is -1.93. The van der Waals surface area contributed by atoms with E-state index in [0.29, 0.717) is 6.42 Å². The molecule has 0 heterocycles. The van der Waals surface area contributed by atoms with Gasteiger partial charge in [0.1, 0.15) is 12.2 Å². The quantitative estimate of drug-likeness (QED) is 0.615. The zero-order valence-corrected chi connectivity index (χ0v) is 12.7. The predicted octanol–water partition coefficient (Wildman–Crippen LogP) is 3.80. The molecule has 0 fully saturated rings. The zero-order valence-electron chi connectivity index (χ0n) is 12.7. The van der Waals surface area contributed by atoms with E-state index < -0.39 is 5.97 Å². The highest BCUT2D eigenvalue weighted by atomic mass is 16.5. The zero-order chi connectivity index (χ0) is 15.1. The standard InChI is InChI=1S/C8H10.C6H10O3.C2H6/c1-2-8-6-4-3-5-7-8;1-3-5(7)4-6(8)9-2;1-2/h3-7H,2H2,1H3;3-4H2,1-2H3;1-2H3. The number of hydrogen-bond acceptors (Lipinski definition) is 3. The van der Waals surface area contributed by atoms with Crippen molar-refractivity contribution in [3.63, 3.8) is 0 Å². The SMILES string of the molecule is CC.CCC(=O)CC(=O)OC.CCc1ccccc1. The molecular formula is C16H26O3. The number of methoxy groups -OCH3 is 1. The minimum Gasteiger partial charge on any atom is -0.469 e. The van der Waals surface area contributed by atoms with E-state index in [1.165, 1.54) is 12.7 Å². The number of esters is 1. The highest BCUT2D eigenvalue weighted by Crippen LogP contribution is 1.96. The number of carbonyl (C=O) groups is 2. The molecule has 0 aliphatic rings. The molecule has 0 radical (unpaired) electrons. The van der Waals surface area contributed by atoms with E-state index in [0.717, 1.165) is 6.42 Å². The van der Waals surface area contributed by atoms with Crippen LogP contribution in [0.1, 0.15) is 46.1 Å². The highest BCUT2D eigenvalue weighted by Gasteiger charge is 2.05. The second-order valence-corrected chi connectivity index (χ2v) is 3.48. The molecule has 0 saturated heterocycles. The summed E-state index contributed by atoms with van der Waals surface area (Å²) in [6.07, 6.45) is 1.45. The van der Waals surface area contributed by atoms with Gasteiger partial charge in [0.2, 0.25) is 0 Å². The molecule has 3 nitrogen and oxygen atoms in total. The summed E-state index contributed by atoms with van der Waals surface area (Å²) in [5, 5.41) is 0. The van der Waals surface area contributed by atoms with Crippen LogP contribution in [0.3, 0.4) is 0 Å². The number of benzene rings is 1. The summed E-state index contributed by atoms with van der Waals surface area (Å²) >= 11 is 0. The third-order valence-electron chi connectivity index (χ3n) is 2.21. The molecule has 108 valence electrons. The summed E-state index contributed by atoms with van der Waals surface area (Å²) in [5.74, 6) is -0.538. The molecule has 0 unspecified atom stereocenters. The van der Waals surface area contributed by atoms with E-state index in [2.05, 4.69) is 35.9 Å². The number of rotatable bonds is 4. The number of hydrogen-bond donors (Lipinski definition) is 0. The van der Waals surface area contributed by atoms with Gasteiger partial charge >= 0.3 is 5.97 Å². The summed E-state index contributed by atoms with van der Waals surface area (Å²) in [7, 11) is 1.27. The summed E-state index contributed by atoms with van der Waals surface area (Å²) in [5.41, 5.74) is 1.41. The van der Waals surface area contributed by atoms with Crippen molar-refractivity contribution in [2.45, 2.75) is 47.0 Å². The monoisotopic (exact) mass is 266 g/mol. The van der Waals surface area contributed by atoms with Gasteiger partial charge in [-0.15, -0.1) is 0 Å². The van der Waals surface area contributed by atoms with Crippen molar-refractivity contribution in [2.75, 3.05) is 7.11 Å². The average molecular weight is 266 g/mol. The van der Waals surface area contributed by atoms with Crippen LogP contribution in [0.2, 0.25) is 0 Å². The van der Waals surface area contributed by atoms with Gasteiger partial charge in [0.15, 0.2) is 0 Å². The lowest BCUT2D eigenvalue weighted by atomic mass is 10.2. The Hall–Kier alpha value is -1.64. The van der Waals surface area contributed by atoms with E-state index in [9.17, 15) is 9.59 Å². The molecule has 0 amide bonds. The van der Waals surface area contributed by atoms with Gasteiger partial charge in [0.25, 0.3) is 0 Å². The molecule has 0 atom stereocenters. The molecule has 3 heteroatoms. The molecule has 0 spiro atoms. The fourth-order valence-corrected chi connectivity index (χ4v) is 1.07. The van der Waals surface area contributed by atoms with Crippen molar-refractivity contribution < 1.29 is 14.3 Å². The third kappa shape index (κ3) is 12.6. The van der Waals surface area contributed by atoms with Gasteiger partial charge in [0, 0.05) is 6.42 Å². The van der Waals surface area contributed by atoms with Crippen LogP contribution in [-0.2, 0) is 20.7 Å². The summed E-state index contributed by atoms with van der Waals surface area (Å²) in [4.78, 5) is 20.8. The summed E-state index contributed by atoms with van der Waals surface area (Å²) in [6.45, 7) is 7.88. The Morgan fingerprint density at radius 1 is 1.05 bits per heavy atom. The summed E-state index contributed by atoms with van der Waals surface area (Å²) in [6, 6.07) is 10.5. The number of Topliss-reactive ketones (excluding diaryl/α,β-unsaturated/α-hetero) is 1. The number of ether oxygens (including phenoxy) is 1. The Bertz CT molecular complexity index is 317. The van der Waals surface area contributed by atoms with E-state index >= 15 is 0 Å². The van der Waals surface area contributed by atoms with Crippen molar-refractivity contribution in [3.8, 4) is 0 Å². The molecule has 0 aliphatic heterocycles. The third-order valence-corrected chi connectivity index (χ3v) is 2.21. The number of aryl methyl sites for hydroxylation is 1. The molecule has 0 aromatic heterocycles. The number of ketones is 1. The minimum atomic E-state index is -0.457. The molecule has 1 aromatic carbocycles. The van der Waals surface area contributed by atoms with Crippen LogP contribution >= 0.6 is 0 Å². The van der Waals surface area contributed by atoms with E-state index in [1.54, 1.807) is 6.92 Å². The molecule has 1 rings (SSSR count). The smallest absolute Gasteiger partial charge is 0.313 e. The largest absolute Gasteiger partial charge is 0.469 e. The van der Waals surface area contributed by atoms with Gasteiger partial charge in [-0.1, -0.05) is 58.0 Å². The van der Waals surface area contributed by atoms with Crippen LogP contribution in [0.4, 0.5) is 0 Å². The average Bonchev–Trinajstić information content (AvgIpc) is 2.50. The normalized spacial score (nSPS) is 8.26. The van der Waals surface area contributed by atoms with Crippen molar-refractivity contribution in [3.05, 3.63) is 35.9 Å². The maximum absolute atomic E-state index is 10.5. The van der Waals surface area contributed by atoms with Crippen LogP contribution in [0.5, 0.6) is 0 Å². The Kier molecular flexibility index (Phi) is 14.9. The Morgan fingerprint density at radius 2 is 1.58 bits per heavy atom. The number of carbonyl (C=O) groups excluding carboxylic acids is 2. The van der Waals surface area contributed by atoms with Crippen LogP contribution < -0.4 is 0 Å².